The molecule has 0 spiro atoms. The molecule has 0 aliphatic heterocycles. The molecule has 27 heavy (non-hydrogen) atoms. The molecule has 0 saturated heterocycles. The molecule has 0 N–H and O–H groups in total. The van der Waals surface area contributed by atoms with Gasteiger partial charge >= 0.3 is 12.1 Å². The van der Waals surface area contributed by atoms with Gasteiger partial charge in [-0.15, -0.1) is 0 Å². The number of carbonyl (C=O) groups is 1. The fraction of sp³-hybridized carbons (Fsp3) is 0.438. The van der Waals surface area contributed by atoms with Crippen molar-refractivity contribution in [2.45, 2.75) is 26.6 Å². The zero-order valence-electron chi connectivity index (χ0n) is 13.7. The number of ether oxygens (including phenoxy) is 1. The molecule has 2 rings (SSSR count). The third-order valence-electron chi connectivity index (χ3n) is 4.42. The van der Waals surface area contributed by atoms with Gasteiger partial charge in [0.2, 0.25) is 5.82 Å². The molecule has 1 aromatic carbocycles. The molecule has 0 heterocycles. The van der Waals surface area contributed by atoms with Crippen LogP contribution < -0.4 is 0 Å². The summed E-state index contributed by atoms with van der Waals surface area (Å²) >= 11 is 2.35. The van der Waals surface area contributed by atoms with Crippen LogP contribution in [0.1, 0.15) is 19.4 Å². The van der Waals surface area contributed by atoms with Gasteiger partial charge in [-0.2, -0.15) is 13.2 Å². The molecule has 150 valence electrons. The van der Waals surface area contributed by atoms with E-state index in [2.05, 4.69) is 20.7 Å². The molecule has 1 fully saturated rings. The molecule has 1 aliphatic carbocycles. The molecule has 1 saturated carbocycles. The number of carbonyl (C=O) groups excluding carboxylic acids is 1. The summed E-state index contributed by atoms with van der Waals surface area (Å²) in [5.41, 5.74) is -2.29. The van der Waals surface area contributed by atoms with E-state index in [1.165, 1.54) is 13.8 Å². The van der Waals surface area contributed by atoms with Crippen LogP contribution in [0.3, 0.4) is 0 Å². The second-order valence-corrected chi connectivity index (χ2v) is 7.35. The van der Waals surface area contributed by atoms with Crippen LogP contribution >= 0.6 is 15.9 Å². The van der Waals surface area contributed by atoms with E-state index in [1.54, 1.807) is 0 Å². The average Bonchev–Trinajstić information content (AvgIpc) is 3.10. The molecular formula is C16H11BrF8O2. The minimum Gasteiger partial charge on any atom is -0.460 e. The Labute approximate surface area is 156 Å². The summed E-state index contributed by atoms with van der Waals surface area (Å²) in [6, 6.07) is 0. The number of allylic oxidation sites excluding steroid dienone is 2. The topological polar surface area (TPSA) is 26.3 Å². The maximum absolute atomic E-state index is 13.5. The van der Waals surface area contributed by atoms with Crippen molar-refractivity contribution in [1.29, 1.82) is 0 Å². The van der Waals surface area contributed by atoms with Gasteiger partial charge < -0.3 is 4.74 Å². The van der Waals surface area contributed by atoms with Crippen LogP contribution in [0.5, 0.6) is 0 Å². The van der Waals surface area contributed by atoms with Gasteiger partial charge in [0, 0.05) is 0 Å². The van der Waals surface area contributed by atoms with Crippen molar-refractivity contribution in [3.63, 3.8) is 0 Å². The summed E-state index contributed by atoms with van der Waals surface area (Å²) in [5.74, 6) is -14.1. The second kappa shape index (κ2) is 7.06. The number of alkyl halides is 3. The fourth-order valence-corrected chi connectivity index (χ4v) is 2.99. The van der Waals surface area contributed by atoms with Gasteiger partial charge in [0.15, 0.2) is 23.3 Å². The normalized spacial score (nSPS) is 22.0. The molecule has 1 aromatic rings. The number of rotatable bonds is 4. The zero-order chi connectivity index (χ0) is 20.9. The predicted octanol–water partition coefficient (Wildman–Crippen LogP) is 5.54. The Bertz CT molecular complexity index is 787. The number of benzene rings is 1. The molecule has 11 heteroatoms. The molecule has 0 bridgehead atoms. The van der Waals surface area contributed by atoms with Crippen LogP contribution in [0.25, 0.3) is 0 Å². The lowest BCUT2D eigenvalue weighted by Crippen LogP contribution is -2.14. The predicted molar refractivity (Wildman–Crippen MR) is 79.9 cm³/mol. The van der Waals surface area contributed by atoms with Crippen LogP contribution in [0.4, 0.5) is 35.1 Å². The summed E-state index contributed by atoms with van der Waals surface area (Å²) < 4.78 is 107. The van der Waals surface area contributed by atoms with Crippen LogP contribution in [-0.2, 0) is 16.1 Å². The summed E-state index contributed by atoms with van der Waals surface area (Å²) in [5, 5.41) is 0. The van der Waals surface area contributed by atoms with E-state index in [9.17, 15) is 39.9 Å². The third-order valence-corrected chi connectivity index (χ3v) is 5.13. The van der Waals surface area contributed by atoms with Crippen LogP contribution in [0, 0.1) is 46.3 Å². The van der Waals surface area contributed by atoms with E-state index in [0.29, 0.717) is 0 Å². The van der Waals surface area contributed by atoms with E-state index in [-0.39, 0.29) is 0 Å². The Morgan fingerprint density at radius 3 is 1.93 bits per heavy atom. The highest BCUT2D eigenvalue weighted by Gasteiger charge is 2.62. The number of halogens is 9. The second-order valence-electron chi connectivity index (χ2n) is 6.49. The maximum Gasteiger partial charge on any atom is 0.422 e. The molecule has 0 aromatic heterocycles. The molecular weight excluding hydrogens is 456 g/mol. The number of esters is 1. The SMILES string of the molecule is CC1(C)C(C=C(Br)C(F)(F)F)C1C(=O)OCc1c(F)c(F)c(F)c(F)c1F. The van der Waals surface area contributed by atoms with Gasteiger partial charge in [-0.3, -0.25) is 4.79 Å². The first-order valence-corrected chi connectivity index (χ1v) is 8.12. The van der Waals surface area contributed by atoms with Crippen LogP contribution in [0.2, 0.25) is 0 Å². The van der Waals surface area contributed by atoms with E-state index < -0.39 is 75.1 Å². The molecule has 0 amide bonds. The Hall–Kier alpha value is -1.65. The van der Waals surface area contributed by atoms with E-state index in [4.69, 9.17) is 0 Å². The number of hydrogen-bond acceptors (Lipinski definition) is 2. The van der Waals surface area contributed by atoms with Gasteiger partial charge in [0.1, 0.15) is 6.61 Å². The highest BCUT2D eigenvalue weighted by atomic mass is 79.9. The smallest absolute Gasteiger partial charge is 0.422 e. The van der Waals surface area contributed by atoms with Crippen molar-refractivity contribution >= 4 is 21.9 Å². The third kappa shape index (κ3) is 3.97. The van der Waals surface area contributed by atoms with Crippen LogP contribution in [0.15, 0.2) is 10.6 Å². The standard InChI is InChI=1S/C16H11BrF8O2/c1-15(2)6(3-7(17)16(23,24)25)8(15)14(26)27-4-5-9(18)11(20)13(22)12(21)10(5)19/h3,6,8H,4H2,1-2H3. The largest absolute Gasteiger partial charge is 0.460 e. The van der Waals surface area contributed by atoms with E-state index in [0.717, 1.165) is 6.08 Å². The molecule has 2 atom stereocenters. The van der Waals surface area contributed by atoms with Gasteiger partial charge in [-0.25, -0.2) is 22.0 Å². The Morgan fingerprint density at radius 1 is 1.04 bits per heavy atom. The van der Waals surface area contributed by atoms with Crippen molar-refractivity contribution in [2.24, 2.45) is 17.3 Å². The molecule has 0 radical (unpaired) electrons. The first-order chi connectivity index (χ1) is 12.2. The quantitative estimate of drug-likeness (QED) is 0.252. The van der Waals surface area contributed by atoms with Gasteiger partial charge in [-0.1, -0.05) is 19.9 Å². The Balaban J connectivity index is 2.16. The Kier molecular flexibility index (Phi) is 5.66. The highest BCUT2D eigenvalue weighted by molar-refractivity contribution is 9.11. The molecule has 1 aliphatic rings. The van der Waals surface area contributed by atoms with E-state index >= 15 is 0 Å². The lowest BCUT2D eigenvalue weighted by Gasteiger charge is -2.09. The molecule has 2 nitrogen and oxygen atoms in total. The lowest BCUT2D eigenvalue weighted by molar-refractivity contribution is -0.147. The maximum atomic E-state index is 13.5. The summed E-state index contributed by atoms with van der Waals surface area (Å²) in [6.07, 6.45) is -3.90. The summed E-state index contributed by atoms with van der Waals surface area (Å²) in [7, 11) is 0. The van der Waals surface area contributed by atoms with Crippen molar-refractivity contribution in [1.82, 2.24) is 0 Å². The average molecular weight is 467 g/mol. The van der Waals surface area contributed by atoms with Gasteiger partial charge in [0.25, 0.3) is 0 Å². The van der Waals surface area contributed by atoms with Gasteiger partial charge in [0.05, 0.1) is 16.0 Å². The van der Waals surface area contributed by atoms with Crippen molar-refractivity contribution in [2.75, 3.05) is 0 Å². The Morgan fingerprint density at radius 2 is 1.48 bits per heavy atom. The summed E-state index contributed by atoms with van der Waals surface area (Å²) in [4.78, 5) is 12.0. The molecule has 2 unspecified atom stereocenters. The van der Waals surface area contributed by atoms with Crippen molar-refractivity contribution in [3.05, 3.63) is 45.2 Å². The highest BCUT2D eigenvalue weighted by Crippen LogP contribution is 2.60. The van der Waals surface area contributed by atoms with Crippen LogP contribution in [-0.4, -0.2) is 12.1 Å². The van der Waals surface area contributed by atoms with Crippen molar-refractivity contribution in [3.8, 4) is 0 Å². The van der Waals surface area contributed by atoms with Gasteiger partial charge in [-0.05, 0) is 27.3 Å². The summed E-state index contributed by atoms with van der Waals surface area (Å²) in [6.45, 7) is 1.68. The van der Waals surface area contributed by atoms with Crippen molar-refractivity contribution < 1.29 is 44.7 Å². The zero-order valence-corrected chi connectivity index (χ0v) is 15.2. The fourth-order valence-electron chi connectivity index (χ4n) is 2.70. The minimum atomic E-state index is -4.66. The lowest BCUT2D eigenvalue weighted by atomic mass is 10.1. The minimum absolute atomic E-state index is 0.768. The first-order valence-electron chi connectivity index (χ1n) is 7.32. The monoisotopic (exact) mass is 466 g/mol. The number of hydrogen-bond donors (Lipinski definition) is 0. The van der Waals surface area contributed by atoms with E-state index in [1.807, 2.05) is 0 Å². The first kappa shape index (κ1) is 21.6.